The fraction of sp³-hybridized carbons (Fsp3) is 0.250. The van der Waals surface area contributed by atoms with Crippen molar-refractivity contribution in [2.75, 3.05) is 0 Å². The van der Waals surface area contributed by atoms with Crippen LogP contribution in [0, 0.1) is 0 Å². The van der Waals surface area contributed by atoms with Gasteiger partial charge in [0.05, 0.1) is 0 Å². The van der Waals surface area contributed by atoms with Gasteiger partial charge in [0.25, 0.3) is 0 Å². The third-order valence-electron chi connectivity index (χ3n) is 2.99. The number of esters is 2. The zero-order valence-electron chi connectivity index (χ0n) is 11.4. The van der Waals surface area contributed by atoms with Crippen LogP contribution >= 0.6 is 0 Å². The summed E-state index contributed by atoms with van der Waals surface area (Å²) in [7, 11) is 0. The molecule has 0 bridgehead atoms. The van der Waals surface area contributed by atoms with Crippen LogP contribution in [-0.2, 0) is 24.7 Å². The first-order chi connectivity index (χ1) is 9.54. The van der Waals surface area contributed by atoms with Crippen LogP contribution in [0.4, 0.5) is 0 Å². The number of hydrogen-bond donors (Lipinski definition) is 0. The molecule has 2 unspecified atom stereocenters. The van der Waals surface area contributed by atoms with Gasteiger partial charge in [-0.25, -0.2) is 0 Å². The topological polar surface area (TPSA) is 52.6 Å². The summed E-state index contributed by atoms with van der Waals surface area (Å²) in [4.78, 5) is 22.8. The molecule has 1 aliphatic carbocycles. The van der Waals surface area contributed by atoms with Gasteiger partial charge in [-0.1, -0.05) is 42.5 Å². The fourth-order valence-corrected chi connectivity index (χ4v) is 2.25. The summed E-state index contributed by atoms with van der Waals surface area (Å²) in [6.07, 6.45) is 6.29. The standard InChI is InChI=1S/C16H16O4/c1-12(17)19-15-10-6-7-11-16(15,20-13(2)18)14-8-4-3-5-9-14/h3-11,15H,1-2H3. The Bertz CT molecular complexity index is 559. The second-order valence-corrected chi connectivity index (χ2v) is 4.53. The number of ether oxygens (including phenoxy) is 2. The Morgan fingerprint density at radius 3 is 2.35 bits per heavy atom. The summed E-state index contributed by atoms with van der Waals surface area (Å²) in [5, 5.41) is 0. The van der Waals surface area contributed by atoms with Crippen LogP contribution in [0.5, 0.6) is 0 Å². The highest BCUT2D eigenvalue weighted by Gasteiger charge is 2.43. The summed E-state index contributed by atoms with van der Waals surface area (Å²) in [6.45, 7) is 2.66. The van der Waals surface area contributed by atoms with Crippen LogP contribution in [0.2, 0.25) is 0 Å². The molecule has 104 valence electrons. The number of carbonyl (C=O) groups excluding carboxylic acids is 2. The van der Waals surface area contributed by atoms with Crippen LogP contribution < -0.4 is 0 Å². The quantitative estimate of drug-likeness (QED) is 0.793. The molecule has 1 aromatic rings. The summed E-state index contributed by atoms with van der Waals surface area (Å²) < 4.78 is 10.8. The average Bonchev–Trinajstić information content (AvgIpc) is 2.41. The highest BCUT2D eigenvalue weighted by Crippen LogP contribution is 2.36. The monoisotopic (exact) mass is 272 g/mol. The van der Waals surface area contributed by atoms with E-state index >= 15 is 0 Å². The number of rotatable bonds is 3. The number of hydrogen-bond acceptors (Lipinski definition) is 4. The Morgan fingerprint density at radius 1 is 1.05 bits per heavy atom. The number of allylic oxidation sites excluding steroid dienone is 2. The third kappa shape index (κ3) is 2.79. The van der Waals surface area contributed by atoms with Crippen LogP contribution in [-0.4, -0.2) is 18.0 Å². The highest BCUT2D eigenvalue weighted by atomic mass is 16.6. The van der Waals surface area contributed by atoms with Crippen molar-refractivity contribution in [1.82, 2.24) is 0 Å². The molecule has 0 fully saturated rings. The molecular weight excluding hydrogens is 256 g/mol. The predicted octanol–water partition coefficient (Wildman–Crippen LogP) is 2.50. The molecule has 2 rings (SSSR count). The second kappa shape index (κ2) is 5.74. The second-order valence-electron chi connectivity index (χ2n) is 4.53. The molecule has 0 spiro atoms. The molecular formula is C16H16O4. The van der Waals surface area contributed by atoms with Crippen LogP contribution in [0.3, 0.4) is 0 Å². The van der Waals surface area contributed by atoms with Gasteiger partial charge in [0, 0.05) is 19.4 Å². The summed E-state index contributed by atoms with van der Waals surface area (Å²) in [5.74, 6) is -0.867. The van der Waals surface area contributed by atoms with Crippen molar-refractivity contribution in [2.24, 2.45) is 0 Å². The van der Waals surface area contributed by atoms with Crippen molar-refractivity contribution >= 4 is 11.9 Å². The first kappa shape index (κ1) is 14.1. The molecule has 0 saturated carbocycles. The zero-order chi connectivity index (χ0) is 14.6. The third-order valence-corrected chi connectivity index (χ3v) is 2.99. The normalized spacial score (nSPS) is 24.2. The van der Waals surface area contributed by atoms with E-state index in [-0.39, 0.29) is 0 Å². The molecule has 0 aliphatic heterocycles. The van der Waals surface area contributed by atoms with Crippen LogP contribution in [0.25, 0.3) is 0 Å². The lowest BCUT2D eigenvalue weighted by molar-refractivity contribution is -0.173. The van der Waals surface area contributed by atoms with Gasteiger partial charge in [0.2, 0.25) is 0 Å². The van der Waals surface area contributed by atoms with Crippen LogP contribution in [0.15, 0.2) is 54.6 Å². The van der Waals surface area contributed by atoms with Crippen molar-refractivity contribution in [3.8, 4) is 0 Å². The van der Waals surface area contributed by atoms with E-state index in [4.69, 9.17) is 9.47 Å². The van der Waals surface area contributed by atoms with Crippen molar-refractivity contribution in [1.29, 1.82) is 0 Å². The first-order valence-corrected chi connectivity index (χ1v) is 6.33. The number of carbonyl (C=O) groups is 2. The molecule has 0 saturated heterocycles. The molecule has 0 aromatic heterocycles. The molecule has 20 heavy (non-hydrogen) atoms. The van der Waals surface area contributed by atoms with Crippen LogP contribution in [0.1, 0.15) is 19.4 Å². The van der Waals surface area contributed by atoms with Gasteiger partial charge in [-0.05, 0) is 12.2 Å². The number of benzene rings is 1. The maximum absolute atomic E-state index is 11.5. The summed E-state index contributed by atoms with van der Waals surface area (Å²) >= 11 is 0. The average molecular weight is 272 g/mol. The van der Waals surface area contributed by atoms with Crippen molar-refractivity contribution in [3.05, 3.63) is 60.2 Å². The van der Waals surface area contributed by atoms with E-state index < -0.39 is 23.6 Å². The Balaban J connectivity index is 2.49. The van der Waals surface area contributed by atoms with E-state index in [0.29, 0.717) is 0 Å². The molecule has 4 nitrogen and oxygen atoms in total. The van der Waals surface area contributed by atoms with Crippen molar-refractivity contribution in [2.45, 2.75) is 25.6 Å². The van der Waals surface area contributed by atoms with Crippen molar-refractivity contribution < 1.29 is 19.1 Å². The van der Waals surface area contributed by atoms with Gasteiger partial charge in [0.1, 0.15) is 0 Å². The smallest absolute Gasteiger partial charge is 0.303 e. The van der Waals surface area contributed by atoms with Gasteiger partial charge >= 0.3 is 11.9 Å². The highest BCUT2D eigenvalue weighted by molar-refractivity contribution is 5.69. The fourth-order valence-electron chi connectivity index (χ4n) is 2.25. The lowest BCUT2D eigenvalue weighted by Gasteiger charge is -2.37. The molecule has 0 radical (unpaired) electrons. The minimum Gasteiger partial charge on any atom is -0.453 e. The van der Waals surface area contributed by atoms with E-state index in [1.807, 2.05) is 30.3 Å². The Morgan fingerprint density at radius 2 is 1.75 bits per heavy atom. The Kier molecular flexibility index (Phi) is 4.03. The lowest BCUT2D eigenvalue weighted by Crippen LogP contribution is -2.44. The predicted molar refractivity (Wildman–Crippen MR) is 73.7 cm³/mol. The summed E-state index contributed by atoms with van der Waals surface area (Å²) in [6, 6.07) is 9.23. The van der Waals surface area contributed by atoms with E-state index in [9.17, 15) is 9.59 Å². The van der Waals surface area contributed by atoms with Gasteiger partial charge in [-0.3, -0.25) is 9.59 Å². The Hall–Kier alpha value is -2.36. The molecule has 0 heterocycles. The van der Waals surface area contributed by atoms with Gasteiger partial charge in [0.15, 0.2) is 11.7 Å². The molecule has 2 atom stereocenters. The minimum atomic E-state index is -1.12. The molecule has 0 N–H and O–H groups in total. The largest absolute Gasteiger partial charge is 0.453 e. The SMILES string of the molecule is CC(=O)OC1C=CC=CC1(OC(C)=O)c1ccccc1. The summed E-state index contributed by atoms with van der Waals surface area (Å²) in [5.41, 5.74) is -0.366. The maximum atomic E-state index is 11.5. The molecule has 0 amide bonds. The van der Waals surface area contributed by atoms with Gasteiger partial charge in [-0.2, -0.15) is 0 Å². The lowest BCUT2D eigenvalue weighted by atomic mass is 9.84. The molecule has 1 aromatic carbocycles. The van der Waals surface area contributed by atoms with E-state index in [1.54, 1.807) is 24.3 Å². The van der Waals surface area contributed by atoms with E-state index in [1.165, 1.54) is 13.8 Å². The molecule has 1 aliphatic rings. The Labute approximate surface area is 117 Å². The van der Waals surface area contributed by atoms with Gasteiger partial charge < -0.3 is 9.47 Å². The van der Waals surface area contributed by atoms with E-state index in [0.717, 1.165) is 5.56 Å². The molecule has 4 heteroatoms. The van der Waals surface area contributed by atoms with E-state index in [2.05, 4.69) is 0 Å². The minimum absolute atomic E-state index is 0.428. The van der Waals surface area contributed by atoms with Gasteiger partial charge in [-0.15, -0.1) is 0 Å². The first-order valence-electron chi connectivity index (χ1n) is 6.33. The zero-order valence-corrected chi connectivity index (χ0v) is 11.4. The maximum Gasteiger partial charge on any atom is 0.303 e. The van der Waals surface area contributed by atoms with Crippen molar-refractivity contribution in [3.63, 3.8) is 0 Å².